The van der Waals surface area contributed by atoms with Gasteiger partial charge >= 0.3 is 0 Å². The predicted molar refractivity (Wildman–Crippen MR) is 92.3 cm³/mol. The van der Waals surface area contributed by atoms with E-state index in [0.29, 0.717) is 17.7 Å². The highest BCUT2D eigenvalue weighted by atomic mass is 35.5. The minimum absolute atomic E-state index is 0.0469. The van der Waals surface area contributed by atoms with Gasteiger partial charge in [-0.1, -0.05) is 11.6 Å². The fourth-order valence-electron chi connectivity index (χ4n) is 2.69. The highest BCUT2D eigenvalue weighted by Crippen LogP contribution is 2.35. The minimum Gasteiger partial charge on any atom is -0.266 e. The maximum Gasteiger partial charge on any atom is 0.267 e. The van der Waals surface area contributed by atoms with Gasteiger partial charge in [0.15, 0.2) is 0 Å². The lowest BCUT2D eigenvalue weighted by molar-refractivity contribution is 0.564. The molecule has 1 aliphatic rings. The van der Waals surface area contributed by atoms with Crippen LogP contribution < -0.4 is 9.03 Å². The Kier molecular flexibility index (Phi) is 4.52. The molecule has 134 valence electrons. The Morgan fingerprint density at radius 2 is 1.84 bits per heavy atom. The summed E-state index contributed by atoms with van der Waals surface area (Å²) in [5.74, 6) is -0.935. The van der Waals surface area contributed by atoms with Crippen molar-refractivity contribution in [3.63, 3.8) is 0 Å². The van der Waals surface area contributed by atoms with E-state index in [9.17, 15) is 21.2 Å². The third-order valence-electron chi connectivity index (χ3n) is 3.94. The first-order valence-corrected chi connectivity index (χ1v) is 10.5. The maximum atomic E-state index is 14.1. The van der Waals surface area contributed by atoms with Gasteiger partial charge in [-0.2, -0.15) is 0 Å². The summed E-state index contributed by atoms with van der Waals surface area (Å²) >= 11 is 5.67. The van der Waals surface area contributed by atoms with Gasteiger partial charge < -0.3 is 0 Å². The van der Waals surface area contributed by atoms with Crippen LogP contribution in [0.15, 0.2) is 46.2 Å². The smallest absolute Gasteiger partial charge is 0.266 e. The second kappa shape index (κ2) is 6.24. The number of benzene rings is 2. The fraction of sp³-hybridized carbons (Fsp3) is 0.200. The molecule has 0 saturated carbocycles. The van der Waals surface area contributed by atoms with E-state index in [-0.39, 0.29) is 16.5 Å². The van der Waals surface area contributed by atoms with Crippen LogP contribution >= 0.6 is 11.6 Å². The number of hydrogen-bond acceptors (Lipinski definition) is 4. The van der Waals surface area contributed by atoms with Crippen molar-refractivity contribution in [1.82, 2.24) is 4.72 Å². The number of nitrogens with zero attached hydrogens (tertiary/aromatic N) is 1. The van der Waals surface area contributed by atoms with Crippen LogP contribution in [0.4, 0.5) is 10.1 Å². The Morgan fingerprint density at radius 3 is 2.48 bits per heavy atom. The van der Waals surface area contributed by atoms with Gasteiger partial charge in [0.25, 0.3) is 10.0 Å². The van der Waals surface area contributed by atoms with Crippen molar-refractivity contribution in [3.05, 3.63) is 52.8 Å². The zero-order valence-electron chi connectivity index (χ0n) is 13.0. The van der Waals surface area contributed by atoms with Crippen LogP contribution in [-0.2, 0) is 26.5 Å². The van der Waals surface area contributed by atoms with Crippen molar-refractivity contribution in [2.75, 3.05) is 17.9 Å². The van der Waals surface area contributed by atoms with E-state index in [0.717, 1.165) is 16.4 Å². The van der Waals surface area contributed by atoms with E-state index < -0.39 is 30.8 Å². The molecule has 0 bridgehead atoms. The van der Waals surface area contributed by atoms with E-state index in [1.807, 2.05) is 0 Å². The third kappa shape index (κ3) is 3.12. The molecule has 1 aliphatic heterocycles. The molecule has 2 aromatic rings. The number of nitrogens with one attached hydrogen (secondary N) is 1. The SMILES string of the molecule is CNS(=O)(=O)c1ccc2c(c1)CCN2S(=O)(=O)c1ccc(Cl)cc1F. The van der Waals surface area contributed by atoms with Crippen molar-refractivity contribution in [3.8, 4) is 0 Å². The van der Waals surface area contributed by atoms with Gasteiger partial charge in [-0.3, -0.25) is 4.31 Å². The molecule has 0 amide bonds. The summed E-state index contributed by atoms with van der Waals surface area (Å²) in [6, 6.07) is 7.51. The average molecular weight is 405 g/mol. The minimum atomic E-state index is -4.12. The summed E-state index contributed by atoms with van der Waals surface area (Å²) < 4.78 is 66.6. The molecule has 1 N–H and O–H groups in total. The Hall–Kier alpha value is -1.68. The topological polar surface area (TPSA) is 83.6 Å². The van der Waals surface area contributed by atoms with E-state index in [1.54, 1.807) is 0 Å². The van der Waals surface area contributed by atoms with Gasteiger partial charge in [0, 0.05) is 11.6 Å². The van der Waals surface area contributed by atoms with Crippen LogP contribution in [0.1, 0.15) is 5.56 Å². The van der Waals surface area contributed by atoms with Gasteiger partial charge in [-0.25, -0.2) is 25.9 Å². The second-order valence-corrected chi connectivity index (χ2v) is 9.55. The Bertz CT molecular complexity index is 1060. The number of fused-ring (bicyclic) bond motifs is 1. The van der Waals surface area contributed by atoms with Crippen LogP contribution in [0.5, 0.6) is 0 Å². The molecule has 6 nitrogen and oxygen atoms in total. The number of halogens is 2. The molecular weight excluding hydrogens is 391 g/mol. The molecule has 0 radical (unpaired) electrons. The van der Waals surface area contributed by atoms with E-state index in [2.05, 4.69) is 4.72 Å². The third-order valence-corrected chi connectivity index (χ3v) is 7.44. The fourth-order valence-corrected chi connectivity index (χ4v) is 5.18. The van der Waals surface area contributed by atoms with Crippen molar-refractivity contribution < 1.29 is 21.2 Å². The standard InChI is InChI=1S/C15H14ClFN2O4S2/c1-18-24(20,21)12-3-4-14-10(8-12)6-7-19(14)25(22,23)15-5-2-11(16)9-13(15)17/h2-5,8-9,18H,6-7H2,1H3. The molecule has 0 spiro atoms. The molecule has 0 unspecified atom stereocenters. The highest BCUT2D eigenvalue weighted by molar-refractivity contribution is 7.92. The Labute approximate surface area is 150 Å². The number of hydrogen-bond donors (Lipinski definition) is 1. The summed E-state index contributed by atoms with van der Waals surface area (Å²) in [5.41, 5.74) is 0.902. The van der Waals surface area contributed by atoms with Crippen molar-refractivity contribution in [1.29, 1.82) is 0 Å². The molecular formula is C15H14ClFN2O4S2. The first kappa shape index (κ1) is 18.1. The monoisotopic (exact) mass is 404 g/mol. The van der Waals surface area contributed by atoms with Gasteiger partial charge in [0.05, 0.1) is 10.6 Å². The molecule has 0 atom stereocenters. The Balaban J connectivity index is 2.06. The van der Waals surface area contributed by atoms with Gasteiger partial charge in [-0.05, 0) is 55.4 Å². The highest BCUT2D eigenvalue weighted by Gasteiger charge is 2.33. The first-order chi connectivity index (χ1) is 11.7. The number of rotatable bonds is 4. The van der Waals surface area contributed by atoms with Crippen LogP contribution in [0, 0.1) is 5.82 Å². The van der Waals surface area contributed by atoms with E-state index >= 15 is 0 Å². The average Bonchev–Trinajstić information content (AvgIpc) is 2.98. The number of anilines is 1. The molecule has 2 aromatic carbocycles. The van der Waals surface area contributed by atoms with Gasteiger partial charge in [0.2, 0.25) is 10.0 Å². The molecule has 3 rings (SSSR count). The van der Waals surface area contributed by atoms with Crippen molar-refractivity contribution in [2.45, 2.75) is 16.2 Å². The van der Waals surface area contributed by atoms with Crippen LogP contribution in [0.3, 0.4) is 0 Å². The largest absolute Gasteiger partial charge is 0.267 e. The number of sulfonamides is 2. The lowest BCUT2D eigenvalue weighted by Gasteiger charge is -2.20. The predicted octanol–water partition coefficient (Wildman–Crippen LogP) is 2.14. The summed E-state index contributed by atoms with van der Waals surface area (Å²) in [5, 5.41) is 0.0974. The summed E-state index contributed by atoms with van der Waals surface area (Å²) in [7, 11) is -6.45. The lowest BCUT2D eigenvalue weighted by Crippen LogP contribution is -2.29. The first-order valence-electron chi connectivity index (χ1n) is 7.21. The summed E-state index contributed by atoms with van der Waals surface area (Å²) in [4.78, 5) is -0.428. The molecule has 0 aliphatic carbocycles. The lowest BCUT2D eigenvalue weighted by atomic mass is 10.2. The molecule has 0 fully saturated rings. The van der Waals surface area contributed by atoms with Crippen LogP contribution in [0.2, 0.25) is 5.02 Å². The van der Waals surface area contributed by atoms with Crippen molar-refractivity contribution >= 4 is 37.3 Å². The van der Waals surface area contributed by atoms with Gasteiger partial charge in [0.1, 0.15) is 10.7 Å². The Morgan fingerprint density at radius 1 is 1.12 bits per heavy atom. The molecule has 0 saturated heterocycles. The molecule has 25 heavy (non-hydrogen) atoms. The second-order valence-electron chi connectivity index (χ2n) is 5.40. The van der Waals surface area contributed by atoms with Gasteiger partial charge in [-0.15, -0.1) is 0 Å². The van der Waals surface area contributed by atoms with Crippen molar-refractivity contribution in [2.24, 2.45) is 0 Å². The zero-order valence-corrected chi connectivity index (χ0v) is 15.4. The molecule has 0 aromatic heterocycles. The van der Waals surface area contributed by atoms with E-state index in [1.165, 1.54) is 31.3 Å². The zero-order chi connectivity index (χ0) is 18.4. The summed E-state index contributed by atoms with van der Waals surface area (Å²) in [6.07, 6.45) is 0.330. The molecule has 1 heterocycles. The maximum absolute atomic E-state index is 14.1. The van der Waals surface area contributed by atoms with Crippen LogP contribution in [0.25, 0.3) is 0 Å². The van der Waals surface area contributed by atoms with Crippen LogP contribution in [-0.4, -0.2) is 30.4 Å². The molecule has 10 heteroatoms. The quantitative estimate of drug-likeness (QED) is 0.846. The normalized spacial score (nSPS) is 14.6. The summed E-state index contributed by atoms with van der Waals surface area (Å²) in [6.45, 7) is 0.1000. The van der Waals surface area contributed by atoms with E-state index in [4.69, 9.17) is 11.6 Å².